The van der Waals surface area contributed by atoms with Gasteiger partial charge < -0.3 is 14.3 Å². The summed E-state index contributed by atoms with van der Waals surface area (Å²) >= 11 is 6.03. The first-order valence-electron chi connectivity index (χ1n) is 10.0. The Labute approximate surface area is 177 Å². The second-order valence-electron chi connectivity index (χ2n) is 7.73. The Bertz CT molecular complexity index is 946. The minimum absolute atomic E-state index is 0.0628. The predicted molar refractivity (Wildman–Crippen MR) is 109 cm³/mol. The van der Waals surface area contributed by atoms with Gasteiger partial charge in [-0.15, -0.1) is 0 Å². The van der Waals surface area contributed by atoms with Gasteiger partial charge in [0.25, 0.3) is 0 Å². The molecule has 4 rings (SSSR count). The number of aryl methyl sites for hydroxylation is 1. The van der Waals surface area contributed by atoms with E-state index in [9.17, 15) is 18.0 Å². The summed E-state index contributed by atoms with van der Waals surface area (Å²) in [5.41, 5.74) is 1.26. The first-order valence-corrected chi connectivity index (χ1v) is 10.4. The van der Waals surface area contributed by atoms with Crippen LogP contribution in [0.5, 0.6) is 0 Å². The van der Waals surface area contributed by atoms with Crippen LogP contribution in [-0.2, 0) is 11.3 Å². The smallest absolute Gasteiger partial charge is 0.316 e. The minimum Gasteiger partial charge on any atom is -0.316 e. The van der Waals surface area contributed by atoms with Crippen LogP contribution in [0.4, 0.5) is 24.7 Å². The van der Waals surface area contributed by atoms with Gasteiger partial charge in [0.15, 0.2) is 5.82 Å². The number of carbonyl (C=O) groups excluding carboxylic acids is 1. The van der Waals surface area contributed by atoms with E-state index in [-0.39, 0.29) is 18.8 Å². The van der Waals surface area contributed by atoms with Crippen molar-refractivity contribution in [2.75, 3.05) is 4.90 Å². The van der Waals surface area contributed by atoms with Crippen molar-refractivity contribution in [3.8, 4) is 0 Å². The highest BCUT2D eigenvalue weighted by Gasteiger charge is 2.44. The number of imidazole rings is 1. The molecule has 2 aliphatic rings. The zero-order valence-electron chi connectivity index (χ0n) is 16.4. The molecular weight excluding hydrogens is 417 g/mol. The fourth-order valence-corrected chi connectivity index (χ4v) is 4.49. The number of rotatable bonds is 4. The molecule has 9 heteroatoms. The number of aliphatic imine (C=N–C) groups is 1. The van der Waals surface area contributed by atoms with Crippen molar-refractivity contribution in [1.29, 1.82) is 0 Å². The number of anilines is 1. The van der Waals surface area contributed by atoms with E-state index in [0.29, 0.717) is 47.4 Å². The van der Waals surface area contributed by atoms with Crippen LogP contribution in [0.2, 0.25) is 5.02 Å². The zero-order valence-corrected chi connectivity index (χ0v) is 17.2. The van der Waals surface area contributed by atoms with E-state index < -0.39 is 18.1 Å². The maximum atomic E-state index is 13.1. The van der Waals surface area contributed by atoms with Gasteiger partial charge in [-0.25, -0.2) is 9.98 Å². The quantitative estimate of drug-likeness (QED) is 0.574. The van der Waals surface area contributed by atoms with Crippen LogP contribution in [0.15, 0.2) is 35.6 Å². The number of aldehydes is 1. The molecule has 30 heavy (non-hydrogen) atoms. The number of hydrogen-bond acceptors (Lipinski definition) is 4. The molecule has 2 heterocycles. The van der Waals surface area contributed by atoms with Crippen molar-refractivity contribution < 1.29 is 18.0 Å². The average Bonchev–Trinajstić information content (AvgIpc) is 3.15. The minimum atomic E-state index is -4.17. The number of fused-ring (bicyclic) bond motifs is 1. The molecule has 1 aromatic carbocycles. The molecule has 1 aromatic heterocycles. The fourth-order valence-electron chi connectivity index (χ4n) is 4.37. The highest BCUT2D eigenvalue weighted by molar-refractivity contribution is 6.30. The Hall–Kier alpha value is -2.35. The molecule has 1 fully saturated rings. The van der Waals surface area contributed by atoms with Crippen molar-refractivity contribution in [3.05, 3.63) is 41.3 Å². The van der Waals surface area contributed by atoms with Crippen LogP contribution in [-0.4, -0.2) is 27.8 Å². The van der Waals surface area contributed by atoms with Gasteiger partial charge in [-0.2, -0.15) is 13.2 Å². The van der Waals surface area contributed by atoms with Gasteiger partial charge in [-0.05, 0) is 56.9 Å². The summed E-state index contributed by atoms with van der Waals surface area (Å²) in [5, 5.41) is 0.554. The zero-order chi connectivity index (χ0) is 21.5. The van der Waals surface area contributed by atoms with Crippen LogP contribution in [0.25, 0.3) is 0 Å². The van der Waals surface area contributed by atoms with E-state index in [1.54, 1.807) is 35.5 Å². The number of carbonyl (C=O) groups is 1. The Morgan fingerprint density at radius 1 is 1.17 bits per heavy atom. The molecule has 2 aromatic rings. The van der Waals surface area contributed by atoms with Crippen molar-refractivity contribution in [1.82, 2.24) is 9.55 Å². The molecule has 0 amide bonds. The standard InChI is InChI=1S/C21H22ClF3N4O/c1-2-28-12-26-18-17(11-30)29(16-9-7-15(22)8-10-16)19(27-20(18)28)13-3-5-14(6-4-13)21(23,24)25/h7-14,17H,2-6H2,1H3. The maximum Gasteiger partial charge on any atom is 0.391 e. The average molecular weight is 439 g/mol. The lowest BCUT2D eigenvalue weighted by Crippen LogP contribution is -2.44. The van der Waals surface area contributed by atoms with Crippen LogP contribution < -0.4 is 4.90 Å². The SMILES string of the molecule is CCn1cnc2c1N=C(C1CCC(C(F)(F)F)CC1)N(c1ccc(Cl)cc1)C2C=O. The molecule has 1 atom stereocenters. The lowest BCUT2D eigenvalue weighted by Gasteiger charge is -2.39. The van der Waals surface area contributed by atoms with Crippen molar-refractivity contribution in [2.45, 2.75) is 51.4 Å². The van der Waals surface area contributed by atoms with Crippen LogP contribution in [0.3, 0.4) is 0 Å². The highest BCUT2D eigenvalue weighted by atomic mass is 35.5. The molecule has 5 nitrogen and oxygen atoms in total. The maximum absolute atomic E-state index is 13.1. The molecule has 1 unspecified atom stereocenters. The summed E-state index contributed by atoms with van der Waals surface area (Å²) in [5.74, 6) is -0.221. The summed E-state index contributed by atoms with van der Waals surface area (Å²) in [6.07, 6.45) is -0.845. The van der Waals surface area contributed by atoms with E-state index in [1.165, 1.54) is 0 Å². The van der Waals surface area contributed by atoms with E-state index in [4.69, 9.17) is 16.6 Å². The number of amidine groups is 1. The van der Waals surface area contributed by atoms with Gasteiger partial charge >= 0.3 is 6.18 Å². The summed E-state index contributed by atoms with van der Waals surface area (Å²) < 4.78 is 41.3. The van der Waals surface area contributed by atoms with Gasteiger partial charge in [0.1, 0.15) is 23.9 Å². The third-order valence-corrected chi connectivity index (χ3v) is 6.24. The third kappa shape index (κ3) is 3.73. The molecule has 1 saturated carbocycles. The molecule has 1 aliphatic carbocycles. The van der Waals surface area contributed by atoms with Gasteiger partial charge in [0.2, 0.25) is 0 Å². The van der Waals surface area contributed by atoms with E-state index in [2.05, 4.69) is 4.98 Å². The lowest BCUT2D eigenvalue weighted by molar-refractivity contribution is -0.182. The molecule has 160 valence electrons. The van der Waals surface area contributed by atoms with Crippen molar-refractivity contribution >= 4 is 35.2 Å². The van der Waals surface area contributed by atoms with E-state index in [0.717, 1.165) is 6.29 Å². The second kappa shape index (κ2) is 8.06. The summed E-state index contributed by atoms with van der Waals surface area (Å²) in [7, 11) is 0. The van der Waals surface area contributed by atoms with Gasteiger partial charge in [0.05, 0.1) is 12.2 Å². The van der Waals surface area contributed by atoms with Gasteiger partial charge in [-0.1, -0.05) is 11.6 Å². The van der Waals surface area contributed by atoms with Gasteiger partial charge in [0, 0.05) is 23.2 Å². The van der Waals surface area contributed by atoms with Gasteiger partial charge in [-0.3, -0.25) is 0 Å². The number of nitrogens with zero attached hydrogens (tertiary/aromatic N) is 4. The first kappa shape index (κ1) is 20.9. The third-order valence-electron chi connectivity index (χ3n) is 5.99. The molecular formula is C21H22ClF3N4O. The summed E-state index contributed by atoms with van der Waals surface area (Å²) in [6.45, 7) is 2.58. The lowest BCUT2D eigenvalue weighted by atomic mass is 9.80. The Balaban J connectivity index is 1.75. The number of hydrogen-bond donors (Lipinski definition) is 0. The number of halogens is 4. The Kier molecular flexibility index (Phi) is 5.61. The first-order chi connectivity index (χ1) is 14.3. The molecule has 0 bridgehead atoms. The molecule has 0 radical (unpaired) electrons. The normalized spacial score (nSPS) is 24.4. The van der Waals surface area contributed by atoms with E-state index >= 15 is 0 Å². The van der Waals surface area contributed by atoms with Crippen molar-refractivity contribution in [3.63, 3.8) is 0 Å². The van der Waals surface area contributed by atoms with Crippen LogP contribution in [0, 0.1) is 11.8 Å². The summed E-state index contributed by atoms with van der Waals surface area (Å²) in [4.78, 5) is 23.2. The second-order valence-corrected chi connectivity index (χ2v) is 8.16. The van der Waals surface area contributed by atoms with E-state index in [1.807, 2.05) is 11.5 Å². The van der Waals surface area contributed by atoms with Crippen LogP contribution in [0.1, 0.15) is 44.3 Å². The molecule has 0 spiro atoms. The predicted octanol–water partition coefficient (Wildman–Crippen LogP) is 5.72. The Morgan fingerprint density at radius 2 is 1.83 bits per heavy atom. The fraction of sp³-hybridized carbons (Fsp3) is 0.476. The molecule has 0 N–H and O–H groups in total. The van der Waals surface area contributed by atoms with Crippen LogP contribution >= 0.6 is 11.6 Å². The monoisotopic (exact) mass is 438 g/mol. The number of alkyl halides is 3. The molecule has 1 aliphatic heterocycles. The summed E-state index contributed by atoms with van der Waals surface area (Å²) in [6, 6.07) is 6.32. The molecule has 0 saturated heterocycles. The van der Waals surface area contributed by atoms with Crippen molar-refractivity contribution in [2.24, 2.45) is 16.8 Å². The topological polar surface area (TPSA) is 50.5 Å². The number of benzene rings is 1. The largest absolute Gasteiger partial charge is 0.391 e. The Morgan fingerprint density at radius 3 is 2.40 bits per heavy atom. The highest BCUT2D eigenvalue weighted by Crippen LogP contribution is 2.44. The number of aromatic nitrogens is 2.